The van der Waals surface area contributed by atoms with Crippen molar-refractivity contribution >= 4 is 62.3 Å². The van der Waals surface area contributed by atoms with E-state index < -0.39 is 0 Å². The molecule has 0 aliphatic heterocycles. The Morgan fingerprint density at radius 1 is 0.720 bits per heavy atom. The summed E-state index contributed by atoms with van der Waals surface area (Å²) in [6, 6.07) is 10.4. The number of hydrogen-bond donors (Lipinski definition) is 6. The van der Waals surface area contributed by atoms with Gasteiger partial charge in [-0.05, 0) is 30.7 Å². The van der Waals surface area contributed by atoms with Crippen LogP contribution in [0, 0.1) is 0 Å². The second-order valence-corrected chi connectivity index (χ2v) is 7.07. The van der Waals surface area contributed by atoms with Crippen molar-refractivity contribution in [2.75, 3.05) is 13.1 Å². The average molecular weight is 411 g/mol. The van der Waals surface area contributed by atoms with E-state index in [1.54, 1.807) is 36.4 Å². The van der Waals surface area contributed by atoms with E-state index in [0.29, 0.717) is 50.2 Å². The highest BCUT2D eigenvalue weighted by molar-refractivity contribution is 7.84. The Balaban J connectivity index is 1.78. The summed E-state index contributed by atoms with van der Waals surface area (Å²) in [5.41, 5.74) is 0.954. The van der Waals surface area contributed by atoms with E-state index >= 15 is 0 Å². The topological polar surface area (TPSA) is 58.2 Å². The van der Waals surface area contributed by atoms with Crippen LogP contribution in [0.1, 0.15) is 27.1 Å². The molecule has 2 amide bonds. The molecule has 0 spiro atoms. The van der Waals surface area contributed by atoms with Crippen molar-refractivity contribution in [3.63, 3.8) is 0 Å². The molecule has 0 saturated carbocycles. The zero-order chi connectivity index (χ0) is 18.4. The van der Waals surface area contributed by atoms with Crippen LogP contribution in [0.3, 0.4) is 0 Å². The molecule has 0 aliphatic carbocycles. The van der Waals surface area contributed by atoms with Gasteiger partial charge >= 0.3 is 0 Å². The summed E-state index contributed by atoms with van der Waals surface area (Å²) in [5.74, 6) is -0.430. The van der Waals surface area contributed by atoms with Crippen molar-refractivity contribution in [3.8, 4) is 0 Å². The van der Waals surface area contributed by atoms with Gasteiger partial charge in [0, 0.05) is 32.7 Å². The largest absolute Gasteiger partial charge is 0.352 e. The maximum absolute atomic E-state index is 12.1. The minimum atomic E-state index is -0.215. The zero-order valence-electron chi connectivity index (χ0n) is 13.2. The number of thiol groups is 4. The summed E-state index contributed by atoms with van der Waals surface area (Å²) >= 11 is 17.1. The first kappa shape index (κ1) is 20.1. The first-order chi connectivity index (χ1) is 11.9. The Labute approximate surface area is 168 Å². The first-order valence-electron chi connectivity index (χ1n) is 7.50. The number of rotatable bonds is 6. The molecule has 0 radical (unpaired) electrons. The number of carbonyl (C=O) groups is 2. The summed E-state index contributed by atoms with van der Waals surface area (Å²) in [5, 5.41) is 5.60. The fraction of sp³-hybridized carbons (Fsp3) is 0.176. The van der Waals surface area contributed by atoms with Crippen LogP contribution in [0.25, 0.3) is 0 Å². The lowest BCUT2D eigenvalue weighted by molar-refractivity contribution is 0.0948. The zero-order valence-corrected chi connectivity index (χ0v) is 16.8. The van der Waals surface area contributed by atoms with Crippen molar-refractivity contribution < 1.29 is 9.59 Å². The SMILES string of the molecule is O=C(NCCCNC(=O)c1cccc(S)c1S)c1cccc(S)c1S. The van der Waals surface area contributed by atoms with Gasteiger partial charge in [-0.15, -0.1) is 50.5 Å². The van der Waals surface area contributed by atoms with Crippen LogP contribution in [0.15, 0.2) is 56.0 Å². The van der Waals surface area contributed by atoms with E-state index in [1.807, 2.05) is 0 Å². The molecule has 0 aromatic heterocycles. The molecule has 0 unspecified atom stereocenters. The molecule has 0 fully saturated rings. The highest BCUT2D eigenvalue weighted by Gasteiger charge is 2.12. The molecule has 2 aromatic rings. The Bertz CT molecular complexity index is 731. The van der Waals surface area contributed by atoms with Crippen LogP contribution in [-0.4, -0.2) is 24.9 Å². The van der Waals surface area contributed by atoms with Crippen molar-refractivity contribution in [2.24, 2.45) is 0 Å². The molecular formula is C17H18N2O2S4. The average Bonchev–Trinajstić information content (AvgIpc) is 2.59. The van der Waals surface area contributed by atoms with E-state index in [2.05, 4.69) is 61.1 Å². The quantitative estimate of drug-likeness (QED) is 0.327. The molecule has 2 rings (SSSR count). The molecule has 0 saturated heterocycles. The number of benzene rings is 2. The number of carbonyl (C=O) groups excluding carboxylic acids is 2. The van der Waals surface area contributed by atoms with E-state index in [4.69, 9.17) is 0 Å². The van der Waals surface area contributed by atoms with E-state index in [9.17, 15) is 9.59 Å². The second-order valence-electron chi connectivity index (χ2n) is 5.21. The van der Waals surface area contributed by atoms with Crippen molar-refractivity contribution in [1.29, 1.82) is 0 Å². The molecule has 0 bridgehead atoms. The number of nitrogens with one attached hydrogen (secondary N) is 2. The van der Waals surface area contributed by atoms with Gasteiger partial charge in [-0.2, -0.15) is 0 Å². The molecule has 0 heterocycles. The third kappa shape index (κ3) is 5.37. The Morgan fingerprint density at radius 2 is 1.12 bits per heavy atom. The van der Waals surface area contributed by atoms with Crippen molar-refractivity contribution in [2.45, 2.75) is 26.0 Å². The summed E-state index contributed by atoms with van der Waals surface area (Å²) < 4.78 is 0. The van der Waals surface area contributed by atoms with Crippen LogP contribution in [0.2, 0.25) is 0 Å². The minimum Gasteiger partial charge on any atom is -0.352 e. The highest BCUT2D eigenvalue weighted by atomic mass is 32.1. The Morgan fingerprint density at radius 3 is 1.52 bits per heavy atom. The van der Waals surface area contributed by atoms with Gasteiger partial charge in [0.2, 0.25) is 0 Å². The standard InChI is InChI=1S/C17H18N2O2S4/c20-16(10-4-1-6-12(22)14(10)24)18-8-3-9-19-17(21)11-5-2-7-13(23)15(11)25/h1-2,4-7,22-25H,3,8-9H2,(H,18,20)(H,19,21). The molecule has 8 heteroatoms. The van der Waals surface area contributed by atoms with Gasteiger partial charge in [-0.25, -0.2) is 0 Å². The van der Waals surface area contributed by atoms with Crippen LogP contribution < -0.4 is 10.6 Å². The minimum absolute atomic E-state index is 0.215. The second kappa shape index (κ2) is 9.47. The molecule has 132 valence electrons. The molecular weight excluding hydrogens is 392 g/mol. The highest BCUT2D eigenvalue weighted by Crippen LogP contribution is 2.22. The summed E-state index contributed by atoms with van der Waals surface area (Å²) in [4.78, 5) is 26.6. The third-order valence-corrected chi connectivity index (χ3v) is 5.51. The third-order valence-electron chi connectivity index (χ3n) is 3.44. The van der Waals surface area contributed by atoms with E-state index in [-0.39, 0.29) is 11.8 Å². The normalized spacial score (nSPS) is 10.4. The molecule has 0 aliphatic rings. The molecule has 2 N–H and O–H groups in total. The van der Waals surface area contributed by atoms with Gasteiger partial charge in [-0.1, -0.05) is 12.1 Å². The van der Waals surface area contributed by atoms with Crippen LogP contribution >= 0.6 is 50.5 Å². The summed E-state index contributed by atoms with van der Waals surface area (Å²) in [6.07, 6.45) is 0.600. The predicted octanol–water partition coefficient (Wildman–Crippen LogP) is 3.39. The van der Waals surface area contributed by atoms with Crippen LogP contribution in [-0.2, 0) is 0 Å². The Kier molecular flexibility index (Phi) is 7.61. The Hall–Kier alpha value is -1.22. The molecule has 25 heavy (non-hydrogen) atoms. The fourth-order valence-electron chi connectivity index (χ4n) is 2.11. The lowest BCUT2D eigenvalue weighted by atomic mass is 10.2. The van der Waals surface area contributed by atoms with Crippen molar-refractivity contribution in [1.82, 2.24) is 10.6 Å². The lowest BCUT2D eigenvalue weighted by Crippen LogP contribution is -2.30. The van der Waals surface area contributed by atoms with Gasteiger partial charge in [0.25, 0.3) is 11.8 Å². The maximum Gasteiger partial charge on any atom is 0.252 e. The van der Waals surface area contributed by atoms with Gasteiger partial charge in [0.05, 0.1) is 11.1 Å². The fourth-order valence-corrected chi connectivity index (χ4v) is 3.03. The molecule has 2 aromatic carbocycles. The van der Waals surface area contributed by atoms with Gasteiger partial charge in [0.15, 0.2) is 0 Å². The first-order valence-corrected chi connectivity index (χ1v) is 9.29. The predicted molar refractivity (Wildman–Crippen MR) is 111 cm³/mol. The molecule has 0 atom stereocenters. The smallest absolute Gasteiger partial charge is 0.252 e. The molecule has 4 nitrogen and oxygen atoms in total. The van der Waals surface area contributed by atoms with Crippen LogP contribution in [0.4, 0.5) is 0 Å². The van der Waals surface area contributed by atoms with E-state index in [0.717, 1.165) is 0 Å². The lowest BCUT2D eigenvalue weighted by Gasteiger charge is -2.10. The monoisotopic (exact) mass is 410 g/mol. The summed E-state index contributed by atoms with van der Waals surface area (Å²) in [7, 11) is 0. The van der Waals surface area contributed by atoms with Crippen LogP contribution in [0.5, 0.6) is 0 Å². The van der Waals surface area contributed by atoms with Gasteiger partial charge in [-0.3, -0.25) is 9.59 Å². The number of hydrogen-bond acceptors (Lipinski definition) is 6. The number of amides is 2. The van der Waals surface area contributed by atoms with Crippen molar-refractivity contribution in [3.05, 3.63) is 47.5 Å². The van der Waals surface area contributed by atoms with Gasteiger partial charge < -0.3 is 10.6 Å². The van der Waals surface area contributed by atoms with Gasteiger partial charge in [0.1, 0.15) is 0 Å². The summed E-state index contributed by atoms with van der Waals surface area (Å²) in [6.45, 7) is 0.868. The van der Waals surface area contributed by atoms with E-state index in [1.165, 1.54) is 0 Å². The maximum atomic E-state index is 12.1.